The van der Waals surface area contributed by atoms with Crippen LogP contribution in [0, 0.1) is 27.8 Å². The maximum Gasteiger partial charge on any atom is 0.338 e. The van der Waals surface area contributed by atoms with E-state index in [4.69, 9.17) is 14.2 Å². The highest BCUT2D eigenvalue weighted by Crippen LogP contribution is 2.37. The number of hydrogen-bond acceptors (Lipinski definition) is 7. The van der Waals surface area contributed by atoms with E-state index in [1.54, 1.807) is 6.07 Å². The molecule has 3 aromatic rings. The minimum Gasteiger partial charge on any atom is -0.460 e. The van der Waals surface area contributed by atoms with Crippen LogP contribution >= 0.6 is 0 Å². The Hall–Kier alpha value is -3.98. The Morgan fingerprint density at radius 3 is 2.55 bits per heavy atom. The number of carbonyl (C=O) groups excluding carboxylic acids is 1. The Labute approximate surface area is 220 Å². The third-order valence-electron chi connectivity index (χ3n) is 6.87. The summed E-state index contributed by atoms with van der Waals surface area (Å²) >= 11 is 0. The summed E-state index contributed by atoms with van der Waals surface area (Å²) in [5, 5.41) is 11.9. The Bertz CT molecular complexity index is 1340. The van der Waals surface area contributed by atoms with Crippen LogP contribution < -0.4 is 9.64 Å². The second-order valence-electron chi connectivity index (χ2n) is 10.1. The number of carbonyl (C=O) groups is 1. The molecule has 0 N–H and O–H groups in total. The van der Waals surface area contributed by atoms with E-state index in [0.717, 1.165) is 12.0 Å². The van der Waals surface area contributed by atoms with Crippen molar-refractivity contribution < 1.29 is 28.3 Å². The second-order valence-corrected chi connectivity index (χ2v) is 10.1. The third-order valence-corrected chi connectivity index (χ3v) is 6.87. The van der Waals surface area contributed by atoms with Crippen LogP contribution in [0.2, 0.25) is 0 Å². The fourth-order valence-corrected chi connectivity index (χ4v) is 5.31. The number of benzene rings is 3. The van der Waals surface area contributed by atoms with Gasteiger partial charge in [0.2, 0.25) is 6.29 Å². The standard InChI is InChI=1S/C29H29FN2O6/c1-18-10-19(2)15-31(14-18)25-9-8-21(13-26(25)32(34)35)28(33)36-16-22-11-24(30)12-23-17-37-29(38-27(22)23)20-6-4-3-5-7-20/h3-9,11-13,18-19,29H,10,14-17H2,1-2H3. The zero-order valence-electron chi connectivity index (χ0n) is 21.3. The van der Waals surface area contributed by atoms with Gasteiger partial charge in [0.1, 0.15) is 23.9 Å². The van der Waals surface area contributed by atoms with Gasteiger partial charge in [-0.3, -0.25) is 10.1 Å². The lowest BCUT2D eigenvalue weighted by Gasteiger charge is -2.36. The molecule has 3 aromatic carbocycles. The number of hydrogen-bond donors (Lipinski definition) is 0. The Kier molecular flexibility index (Phi) is 7.28. The molecule has 0 radical (unpaired) electrons. The molecule has 0 bridgehead atoms. The average Bonchev–Trinajstić information content (AvgIpc) is 2.90. The Balaban J connectivity index is 1.34. The first-order chi connectivity index (χ1) is 18.3. The van der Waals surface area contributed by atoms with Gasteiger partial charge in [0.15, 0.2) is 0 Å². The molecule has 0 saturated carbocycles. The van der Waals surface area contributed by atoms with Crippen molar-refractivity contribution in [2.75, 3.05) is 18.0 Å². The molecule has 1 fully saturated rings. The number of fused-ring (bicyclic) bond motifs is 1. The number of piperidine rings is 1. The van der Waals surface area contributed by atoms with Crippen molar-refractivity contribution in [3.63, 3.8) is 0 Å². The molecular weight excluding hydrogens is 491 g/mol. The van der Waals surface area contributed by atoms with E-state index >= 15 is 0 Å². The third kappa shape index (κ3) is 5.47. The number of ether oxygens (including phenoxy) is 3. The number of halogens is 1. The van der Waals surface area contributed by atoms with Crippen molar-refractivity contribution in [1.29, 1.82) is 0 Å². The highest BCUT2D eigenvalue weighted by molar-refractivity contribution is 5.91. The molecule has 198 valence electrons. The maximum atomic E-state index is 14.3. The summed E-state index contributed by atoms with van der Waals surface area (Å²) in [5.74, 6) is -0.0348. The highest BCUT2D eigenvalue weighted by atomic mass is 19.1. The number of anilines is 1. The van der Waals surface area contributed by atoms with E-state index in [-0.39, 0.29) is 24.5 Å². The number of nitro benzene ring substituents is 1. The number of nitrogens with zero attached hydrogens (tertiary/aromatic N) is 2. The summed E-state index contributed by atoms with van der Waals surface area (Å²) in [7, 11) is 0. The Morgan fingerprint density at radius 2 is 1.84 bits per heavy atom. The van der Waals surface area contributed by atoms with Gasteiger partial charge in [-0.2, -0.15) is 0 Å². The lowest BCUT2D eigenvalue weighted by Crippen LogP contribution is -2.39. The first-order valence-electron chi connectivity index (χ1n) is 12.6. The van der Waals surface area contributed by atoms with Gasteiger partial charge in [0, 0.05) is 35.8 Å². The molecule has 38 heavy (non-hydrogen) atoms. The van der Waals surface area contributed by atoms with Crippen LogP contribution in [-0.2, 0) is 22.7 Å². The van der Waals surface area contributed by atoms with Gasteiger partial charge in [0.25, 0.3) is 5.69 Å². The van der Waals surface area contributed by atoms with Gasteiger partial charge in [-0.05, 0) is 42.5 Å². The maximum absolute atomic E-state index is 14.3. The molecule has 2 heterocycles. The first-order valence-corrected chi connectivity index (χ1v) is 12.6. The number of nitro groups is 1. The van der Waals surface area contributed by atoms with Crippen LogP contribution in [0.3, 0.4) is 0 Å². The van der Waals surface area contributed by atoms with Gasteiger partial charge < -0.3 is 19.1 Å². The second kappa shape index (κ2) is 10.8. The smallest absolute Gasteiger partial charge is 0.338 e. The van der Waals surface area contributed by atoms with E-state index < -0.39 is 23.0 Å². The average molecular weight is 521 g/mol. The van der Waals surface area contributed by atoms with Crippen LogP contribution in [0.4, 0.5) is 15.8 Å². The Morgan fingerprint density at radius 1 is 1.11 bits per heavy atom. The molecule has 0 amide bonds. The zero-order chi connectivity index (χ0) is 26.8. The zero-order valence-corrected chi connectivity index (χ0v) is 21.3. The quantitative estimate of drug-likeness (QED) is 0.218. The predicted octanol–water partition coefficient (Wildman–Crippen LogP) is 6.18. The van der Waals surface area contributed by atoms with E-state index in [1.165, 1.54) is 24.3 Å². The number of esters is 1. The molecule has 2 aliphatic heterocycles. The molecule has 0 aliphatic carbocycles. The van der Waals surface area contributed by atoms with Crippen LogP contribution in [0.15, 0.2) is 60.7 Å². The van der Waals surface area contributed by atoms with E-state index in [0.29, 0.717) is 47.5 Å². The molecule has 3 unspecified atom stereocenters. The molecule has 2 aliphatic rings. The van der Waals surface area contributed by atoms with Crippen molar-refractivity contribution in [2.24, 2.45) is 11.8 Å². The molecule has 0 aromatic heterocycles. The summed E-state index contributed by atoms with van der Waals surface area (Å²) in [6.45, 7) is 5.55. The summed E-state index contributed by atoms with van der Waals surface area (Å²) in [4.78, 5) is 26.3. The highest BCUT2D eigenvalue weighted by Gasteiger charge is 2.29. The van der Waals surface area contributed by atoms with Crippen LogP contribution in [0.25, 0.3) is 0 Å². The van der Waals surface area contributed by atoms with Gasteiger partial charge in [-0.25, -0.2) is 9.18 Å². The normalized spacial score (nSPS) is 20.8. The fraction of sp³-hybridized carbons (Fsp3) is 0.345. The molecule has 0 spiro atoms. The molecule has 5 rings (SSSR count). The van der Waals surface area contributed by atoms with Crippen molar-refractivity contribution in [3.8, 4) is 5.75 Å². The molecule has 1 saturated heterocycles. The predicted molar refractivity (Wildman–Crippen MR) is 138 cm³/mol. The van der Waals surface area contributed by atoms with Crippen LogP contribution in [-0.4, -0.2) is 24.0 Å². The summed E-state index contributed by atoms with van der Waals surface area (Å²) in [6.07, 6.45) is 0.388. The lowest BCUT2D eigenvalue weighted by atomic mass is 9.91. The van der Waals surface area contributed by atoms with Crippen LogP contribution in [0.1, 0.15) is 53.6 Å². The largest absolute Gasteiger partial charge is 0.460 e. The minimum absolute atomic E-state index is 0.0511. The van der Waals surface area contributed by atoms with E-state index in [1.807, 2.05) is 35.2 Å². The van der Waals surface area contributed by atoms with Gasteiger partial charge in [-0.1, -0.05) is 44.2 Å². The molecule has 3 atom stereocenters. The van der Waals surface area contributed by atoms with Gasteiger partial charge >= 0.3 is 5.97 Å². The molecular formula is C29H29FN2O6. The van der Waals surface area contributed by atoms with Crippen molar-refractivity contribution in [1.82, 2.24) is 0 Å². The van der Waals surface area contributed by atoms with Crippen molar-refractivity contribution in [3.05, 3.63) is 98.8 Å². The molecule has 8 nitrogen and oxygen atoms in total. The van der Waals surface area contributed by atoms with Crippen LogP contribution in [0.5, 0.6) is 5.75 Å². The SMILES string of the molecule is CC1CC(C)CN(c2ccc(C(=O)OCc3cc(F)cc4c3OC(c3ccccc3)OC4)cc2[N+](=O)[O-])C1. The van der Waals surface area contributed by atoms with Crippen molar-refractivity contribution in [2.45, 2.75) is 39.8 Å². The minimum atomic E-state index is -0.746. The van der Waals surface area contributed by atoms with E-state index in [2.05, 4.69) is 13.8 Å². The fourth-order valence-electron chi connectivity index (χ4n) is 5.31. The number of rotatable bonds is 6. The molecule has 9 heteroatoms. The topological polar surface area (TPSA) is 91.1 Å². The summed E-state index contributed by atoms with van der Waals surface area (Å²) in [6, 6.07) is 16.3. The van der Waals surface area contributed by atoms with Gasteiger partial charge in [0.05, 0.1) is 17.1 Å². The monoisotopic (exact) mass is 520 g/mol. The first kappa shape index (κ1) is 25.7. The van der Waals surface area contributed by atoms with Crippen molar-refractivity contribution >= 4 is 17.3 Å². The lowest BCUT2D eigenvalue weighted by molar-refractivity contribution is -0.384. The summed E-state index contributed by atoms with van der Waals surface area (Å²) in [5.41, 5.74) is 2.05. The summed E-state index contributed by atoms with van der Waals surface area (Å²) < 4.78 is 31.5. The van der Waals surface area contributed by atoms with E-state index in [9.17, 15) is 19.3 Å². The van der Waals surface area contributed by atoms with Gasteiger partial charge in [-0.15, -0.1) is 0 Å².